The van der Waals surface area contributed by atoms with Crippen molar-refractivity contribution in [1.82, 2.24) is 0 Å². The highest BCUT2D eigenvalue weighted by Gasteiger charge is 2.23. The van der Waals surface area contributed by atoms with Crippen LogP contribution in [0.25, 0.3) is 0 Å². The zero-order chi connectivity index (χ0) is 31.4. The van der Waals surface area contributed by atoms with Crippen molar-refractivity contribution in [1.29, 1.82) is 0 Å². The Morgan fingerprint density at radius 3 is 1.78 bits per heavy atom. The monoisotopic (exact) mass is 583 g/mol. The van der Waals surface area contributed by atoms with Gasteiger partial charge in [-0.1, -0.05) is 61.5 Å². The fraction of sp³-hybridized carbons (Fsp3) is 0.655. The molecule has 0 radical (unpaired) electrons. The minimum atomic E-state index is -1.10. The van der Waals surface area contributed by atoms with E-state index in [0.717, 1.165) is 0 Å². The van der Waals surface area contributed by atoms with Crippen molar-refractivity contribution in [2.24, 2.45) is 22.5 Å². The second-order valence-electron chi connectivity index (χ2n) is 12.5. The summed E-state index contributed by atoms with van der Waals surface area (Å²) in [6, 6.07) is 3.23. The van der Waals surface area contributed by atoms with Crippen LogP contribution < -0.4 is 15.2 Å². The summed E-state index contributed by atoms with van der Waals surface area (Å²) in [5.74, 6) is -0.811. The number of rotatable bonds is 12. The van der Waals surface area contributed by atoms with Crippen molar-refractivity contribution >= 4 is 24.4 Å². The molecule has 1 rings (SSSR count). The quantitative estimate of drug-likeness (QED) is 0.189. The van der Waals surface area contributed by atoms with E-state index in [2.05, 4.69) is 0 Å². The molecule has 0 saturated heterocycles. The summed E-state index contributed by atoms with van der Waals surface area (Å²) in [5.41, 5.74) is 5.90. The van der Waals surface area contributed by atoms with E-state index in [-0.39, 0.29) is 61.1 Å². The molecule has 41 heavy (non-hydrogen) atoms. The van der Waals surface area contributed by atoms with Gasteiger partial charge in [0.1, 0.15) is 18.8 Å². The predicted molar refractivity (Wildman–Crippen MR) is 149 cm³/mol. The van der Waals surface area contributed by atoms with Gasteiger partial charge in [-0.2, -0.15) is 0 Å². The molecule has 0 aromatic heterocycles. The molecule has 0 saturated carbocycles. The van der Waals surface area contributed by atoms with E-state index >= 15 is 0 Å². The molecule has 0 bridgehead atoms. The standard InChI is InChI=1S/C29H45NO11/c1-18(2)14-36-25(32)39-19(3)15-35-24(31)21(30)12-20-10-11-22(40-26(33)37-16-28(4,5)6)23(13-20)41-27(34)38-17-29(7,8)9/h10-11,13,18-19,21H,12,14-17,30H2,1-9H3/t19-,21-/m0/s1. The zero-order valence-corrected chi connectivity index (χ0v) is 25.6. The van der Waals surface area contributed by atoms with E-state index in [1.165, 1.54) is 12.1 Å². The Hall–Kier alpha value is -3.54. The lowest BCUT2D eigenvalue weighted by atomic mass is 9.99. The van der Waals surface area contributed by atoms with Crippen molar-refractivity contribution in [2.45, 2.75) is 80.9 Å². The Labute approximate surface area is 242 Å². The summed E-state index contributed by atoms with van der Waals surface area (Å²) in [5, 5.41) is 0. The predicted octanol–water partition coefficient (Wildman–Crippen LogP) is 5.42. The largest absolute Gasteiger partial charge is 0.513 e. The number of hydrogen-bond acceptors (Lipinski definition) is 12. The number of ether oxygens (including phenoxy) is 7. The third-order valence-electron chi connectivity index (χ3n) is 4.69. The van der Waals surface area contributed by atoms with Crippen LogP contribution in [0.2, 0.25) is 0 Å². The Morgan fingerprint density at radius 2 is 1.27 bits per heavy atom. The third kappa shape index (κ3) is 16.3. The smallest absolute Gasteiger partial charge is 0.461 e. The van der Waals surface area contributed by atoms with E-state index < -0.39 is 36.6 Å². The lowest BCUT2D eigenvalue weighted by Gasteiger charge is -2.19. The van der Waals surface area contributed by atoms with Crippen molar-refractivity contribution in [2.75, 3.05) is 26.4 Å². The van der Waals surface area contributed by atoms with Crippen LogP contribution in [-0.2, 0) is 34.9 Å². The van der Waals surface area contributed by atoms with Crippen molar-refractivity contribution in [3.05, 3.63) is 23.8 Å². The number of carbonyl (C=O) groups excluding carboxylic acids is 4. The number of benzene rings is 1. The lowest BCUT2D eigenvalue weighted by molar-refractivity contribution is -0.148. The van der Waals surface area contributed by atoms with Gasteiger partial charge in [0.25, 0.3) is 0 Å². The van der Waals surface area contributed by atoms with E-state index in [0.29, 0.717) is 5.56 Å². The van der Waals surface area contributed by atoms with Crippen LogP contribution in [0.15, 0.2) is 18.2 Å². The van der Waals surface area contributed by atoms with Crippen LogP contribution in [0.4, 0.5) is 14.4 Å². The molecule has 0 unspecified atom stereocenters. The Bertz CT molecular complexity index is 1020. The van der Waals surface area contributed by atoms with Gasteiger partial charge < -0.3 is 38.9 Å². The number of carbonyl (C=O) groups is 4. The molecular weight excluding hydrogens is 538 g/mol. The summed E-state index contributed by atoms with van der Waals surface area (Å²) in [7, 11) is 0. The second-order valence-corrected chi connectivity index (χ2v) is 12.5. The molecule has 1 aromatic carbocycles. The fourth-order valence-corrected chi connectivity index (χ4v) is 2.74. The fourth-order valence-electron chi connectivity index (χ4n) is 2.74. The van der Waals surface area contributed by atoms with Gasteiger partial charge in [-0.05, 0) is 47.8 Å². The van der Waals surface area contributed by atoms with Gasteiger partial charge in [-0.25, -0.2) is 14.4 Å². The molecule has 2 atom stereocenters. The number of esters is 1. The second kappa shape index (κ2) is 16.0. The molecular formula is C29H45NO11. The number of hydrogen-bond donors (Lipinski definition) is 1. The maximum absolute atomic E-state index is 12.4. The maximum atomic E-state index is 12.4. The van der Waals surface area contributed by atoms with Crippen LogP contribution in [-0.4, -0.2) is 63.0 Å². The van der Waals surface area contributed by atoms with Crippen LogP contribution >= 0.6 is 0 Å². The minimum Gasteiger partial charge on any atom is -0.461 e. The van der Waals surface area contributed by atoms with Gasteiger partial charge in [0.2, 0.25) is 0 Å². The average Bonchev–Trinajstić information content (AvgIpc) is 2.84. The van der Waals surface area contributed by atoms with E-state index in [1.807, 2.05) is 55.4 Å². The van der Waals surface area contributed by atoms with E-state index in [4.69, 9.17) is 38.9 Å². The summed E-state index contributed by atoms with van der Waals surface area (Å²) in [4.78, 5) is 48.7. The van der Waals surface area contributed by atoms with E-state index in [9.17, 15) is 19.2 Å². The van der Waals surface area contributed by atoms with Gasteiger partial charge in [0, 0.05) is 0 Å². The molecule has 0 heterocycles. The van der Waals surface area contributed by atoms with Gasteiger partial charge in [0.15, 0.2) is 11.5 Å². The van der Waals surface area contributed by atoms with E-state index in [1.54, 1.807) is 13.0 Å². The maximum Gasteiger partial charge on any atom is 0.513 e. The zero-order valence-electron chi connectivity index (χ0n) is 25.6. The topological polar surface area (TPSA) is 159 Å². The SMILES string of the molecule is CC(C)COC(=O)O[C@@H](C)COC(=O)[C@@H](N)Cc1ccc(OC(=O)OCC(C)(C)C)c(OC(=O)OCC(C)(C)C)c1. The van der Waals surface area contributed by atoms with Crippen LogP contribution in [0.3, 0.4) is 0 Å². The normalized spacial score (nSPS) is 13.0. The molecule has 0 amide bonds. The molecule has 232 valence electrons. The van der Waals surface area contributed by atoms with Crippen LogP contribution in [0.1, 0.15) is 67.9 Å². The Balaban J connectivity index is 2.87. The number of nitrogens with two attached hydrogens (primary N) is 1. The highest BCUT2D eigenvalue weighted by atomic mass is 16.7. The minimum absolute atomic E-state index is 0.00729. The first-order valence-corrected chi connectivity index (χ1v) is 13.4. The average molecular weight is 584 g/mol. The summed E-state index contributed by atoms with van der Waals surface area (Å²) < 4.78 is 36.0. The third-order valence-corrected chi connectivity index (χ3v) is 4.69. The highest BCUT2D eigenvalue weighted by molar-refractivity contribution is 5.76. The highest BCUT2D eigenvalue weighted by Crippen LogP contribution is 2.30. The Morgan fingerprint density at radius 1 is 0.732 bits per heavy atom. The van der Waals surface area contributed by atoms with Gasteiger partial charge in [-0.15, -0.1) is 0 Å². The molecule has 1 aromatic rings. The summed E-state index contributed by atoms with van der Waals surface area (Å²) in [6.07, 6.45) is -3.60. The van der Waals surface area contributed by atoms with Gasteiger partial charge in [0.05, 0.1) is 19.8 Å². The summed E-state index contributed by atoms with van der Waals surface area (Å²) in [6.45, 7) is 16.8. The first kappa shape index (κ1) is 35.5. The van der Waals surface area contributed by atoms with Crippen LogP contribution in [0.5, 0.6) is 11.5 Å². The van der Waals surface area contributed by atoms with Crippen molar-refractivity contribution in [3.8, 4) is 11.5 Å². The Kier molecular flexibility index (Phi) is 13.9. The lowest BCUT2D eigenvalue weighted by Crippen LogP contribution is -2.36. The van der Waals surface area contributed by atoms with Crippen molar-refractivity contribution < 1.29 is 52.3 Å². The van der Waals surface area contributed by atoms with Gasteiger partial charge in [-0.3, -0.25) is 4.79 Å². The molecule has 0 aliphatic carbocycles. The molecule has 0 aliphatic heterocycles. The first-order chi connectivity index (χ1) is 18.8. The molecule has 12 nitrogen and oxygen atoms in total. The van der Waals surface area contributed by atoms with Crippen LogP contribution in [0, 0.1) is 16.7 Å². The molecule has 0 fully saturated rings. The molecule has 12 heteroatoms. The summed E-state index contributed by atoms with van der Waals surface area (Å²) >= 11 is 0. The molecule has 0 spiro atoms. The molecule has 2 N–H and O–H groups in total. The van der Waals surface area contributed by atoms with Crippen molar-refractivity contribution in [3.63, 3.8) is 0 Å². The first-order valence-electron chi connectivity index (χ1n) is 13.4. The van der Waals surface area contributed by atoms with Gasteiger partial charge >= 0.3 is 24.4 Å². The molecule has 0 aliphatic rings.